The van der Waals surface area contributed by atoms with Gasteiger partial charge in [0.25, 0.3) is 5.91 Å². The van der Waals surface area contributed by atoms with Gasteiger partial charge in [-0.1, -0.05) is 6.07 Å². The molecule has 2 aliphatic heterocycles. The number of nitrogens with zero attached hydrogens (tertiary/aromatic N) is 4. The Bertz CT molecular complexity index is 973. The number of ether oxygens (including phenoxy) is 2. The molecular weight excluding hydrogens is 396 g/mol. The van der Waals surface area contributed by atoms with Crippen LogP contribution in [0.4, 0.5) is 0 Å². The van der Waals surface area contributed by atoms with Crippen LogP contribution in [0.1, 0.15) is 33.4 Å². The lowest BCUT2D eigenvalue weighted by atomic mass is 9.79. The van der Waals surface area contributed by atoms with Crippen molar-refractivity contribution >= 4 is 11.8 Å². The molecule has 0 saturated carbocycles. The van der Waals surface area contributed by atoms with Crippen LogP contribution in [0.2, 0.25) is 0 Å². The van der Waals surface area contributed by atoms with Crippen LogP contribution in [0, 0.1) is 0 Å². The number of likely N-dealkylation sites (N-methyl/N-ethyl adjacent to an activating group) is 2. The molecule has 2 unspecified atom stereocenters. The van der Waals surface area contributed by atoms with Gasteiger partial charge in [0.2, 0.25) is 5.91 Å². The van der Waals surface area contributed by atoms with Crippen molar-refractivity contribution in [3.8, 4) is 11.5 Å². The fourth-order valence-corrected chi connectivity index (χ4v) is 4.51. The molecule has 0 bridgehead atoms. The number of carbonyl (C=O) groups is 2. The van der Waals surface area contributed by atoms with E-state index in [4.69, 9.17) is 9.47 Å². The largest absolute Gasteiger partial charge is 0.493 e. The van der Waals surface area contributed by atoms with Gasteiger partial charge in [-0.15, -0.1) is 0 Å². The second-order valence-corrected chi connectivity index (χ2v) is 8.05. The minimum absolute atomic E-state index is 0.00905. The van der Waals surface area contributed by atoms with Crippen LogP contribution in [-0.2, 0) is 4.79 Å². The van der Waals surface area contributed by atoms with E-state index >= 15 is 0 Å². The number of methoxy groups -OCH3 is 2. The molecule has 1 aromatic carbocycles. The highest BCUT2D eigenvalue weighted by atomic mass is 16.5. The number of hydrogen-bond acceptors (Lipinski definition) is 6. The number of aromatic nitrogens is 1. The van der Waals surface area contributed by atoms with Gasteiger partial charge in [0.05, 0.1) is 26.2 Å². The van der Waals surface area contributed by atoms with E-state index in [2.05, 4.69) is 16.9 Å². The van der Waals surface area contributed by atoms with Crippen molar-refractivity contribution in [3.63, 3.8) is 0 Å². The lowest BCUT2D eigenvalue weighted by Gasteiger charge is -2.43. The van der Waals surface area contributed by atoms with Crippen LogP contribution in [0.5, 0.6) is 11.5 Å². The Morgan fingerprint density at radius 3 is 2.35 bits per heavy atom. The van der Waals surface area contributed by atoms with Gasteiger partial charge in [0.15, 0.2) is 11.5 Å². The maximum Gasteiger partial charge on any atom is 0.254 e. The number of rotatable bonds is 4. The summed E-state index contributed by atoms with van der Waals surface area (Å²) in [5, 5.41) is 0. The van der Waals surface area contributed by atoms with E-state index in [9.17, 15) is 9.59 Å². The Hall–Kier alpha value is -3.13. The third kappa shape index (κ3) is 3.72. The van der Waals surface area contributed by atoms with Gasteiger partial charge < -0.3 is 24.2 Å². The number of pyridine rings is 1. The zero-order valence-electron chi connectivity index (χ0n) is 18.4. The first-order chi connectivity index (χ1) is 15.0. The Balaban J connectivity index is 1.87. The fourth-order valence-electron chi connectivity index (χ4n) is 4.51. The van der Waals surface area contributed by atoms with Gasteiger partial charge in [-0.2, -0.15) is 0 Å². The molecule has 0 aliphatic carbocycles. The van der Waals surface area contributed by atoms with Crippen molar-refractivity contribution in [1.29, 1.82) is 0 Å². The maximum atomic E-state index is 13.9. The molecule has 1 aromatic heterocycles. The van der Waals surface area contributed by atoms with Gasteiger partial charge >= 0.3 is 0 Å². The maximum absolute atomic E-state index is 13.9. The normalized spacial score (nSPS) is 21.6. The first kappa shape index (κ1) is 21.1. The standard InChI is InChI=1S/C23H28N4O4/c1-25-8-10-27(11-9-25)23(29)20-16-12-18(30-3)19(31-4)13-17(16)22(28)26(2)21(20)15-6-5-7-24-14-15/h5-7,12-14,20-21H,8-11H2,1-4H3. The lowest BCUT2D eigenvalue weighted by molar-refractivity contribution is -0.136. The van der Waals surface area contributed by atoms with Crippen LogP contribution in [0.25, 0.3) is 0 Å². The first-order valence-corrected chi connectivity index (χ1v) is 10.4. The highest BCUT2D eigenvalue weighted by molar-refractivity contribution is 6.02. The van der Waals surface area contributed by atoms with Gasteiger partial charge in [-0.25, -0.2) is 0 Å². The monoisotopic (exact) mass is 424 g/mol. The predicted octanol–water partition coefficient (Wildman–Crippen LogP) is 1.78. The van der Waals surface area contributed by atoms with E-state index in [-0.39, 0.29) is 11.8 Å². The lowest BCUT2D eigenvalue weighted by Crippen LogP contribution is -2.52. The predicted molar refractivity (Wildman–Crippen MR) is 115 cm³/mol. The average Bonchev–Trinajstić information content (AvgIpc) is 2.81. The molecule has 2 atom stereocenters. The summed E-state index contributed by atoms with van der Waals surface area (Å²) >= 11 is 0. The van der Waals surface area contributed by atoms with E-state index < -0.39 is 12.0 Å². The molecule has 2 amide bonds. The van der Waals surface area contributed by atoms with Gasteiger partial charge in [-0.3, -0.25) is 14.6 Å². The summed E-state index contributed by atoms with van der Waals surface area (Å²) in [4.78, 5) is 37.2. The van der Waals surface area contributed by atoms with Crippen molar-refractivity contribution < 1.29 is 19.1 Å². The third-order valence-electron chi connectivity index (χ3n) is 6.28. The first-order valence-electron chi connectivity index (χ1n) is 10.4. The summed E-state index contributed by atoms with van der Waals surface area (Å²) in [5.74, 6) is 0.250. The van der Waals surface area contributed by atoms with Crippen molar-refractivity contribution in [1.82, 2.24) is 19.7 Å². The SMILES string of the molecule is COc1cc2c(cc1OC)C(C(=O)N1CCN(C)CC1)C(c1cccnc1)N(C)C2=O. The average molecular weight is 425 g/mol. The number of piperazine rings is 1. The highest BCUT2D eigenvalue weighted by Gasteiger charge is 2.45. The number of benzene rings is 1. The van der Waals surface area contributed by atoms with Crippen LogP contribution in [0.3, 0.4) is 0 Å². The van der Waals surface area contributed by atoms with Crippen molar-refractivity contribution in [2.24, 2.45) is 0 Å². The zero-order chi connectivity index (χ0) is 22.1. The van der Waals surface area contributed by atoms with Crippen molar-refractivity contribution in [2.75, 3.05) is 54.5 Å². The molecule has 4 rings (SSSR count). The van der Waals surface area contributed by atoms with Crippen LogP contribution in [-0.4, -0.2) is 86.0 Å². The minimum Gasteiger partial charge on any atom is -0.493 e. The smallest absolute Gasteiger partial charge is 0.254 e. The van der Waals surface area contributed by atoms with Gasteiger partial charge in [0.1, 0.15) is 0 Å². The van der Waals surface area contributed by atoms with Crippen LogP contribution in [0.15, 0.2) is 36.7 Å². The number of fused-ring (bicyclic) bond motifs is 1. The molecule has 3 heterocycles. The topological polar surface area (TPSA) is 75.2 Å². The molecule has 1 fully saturated rings. The number of amides is 2. The van der Waals surface area contributed by atoms with Crippen molar-refractivity contribution in [2.45, 2.75) is 12.0 Å². The molecular formula is C23H28N4O4. The summed E-state index contributed by atoms with van der Waals surface area (Å²) in [5.41, 5.74) is 1.96. The molecule has 2 aliphatic rings. The summed E-state index contributed by atoms with van der Waals surface area (Å²) in [6.45, 7) is 2.96. The molecule has 1 saturated heterocycles. The molecule has 0 N–H and O–H groups in total. The number of hydrogen-bond donors (Lipinski definition) is 0. The Labute approximate surface area is 182 Å². The molecule has 164 valence electrons. The Kier molecular flexibility index (Phi) is 5.82. The van der Waals surface area contributed by atoms with Crippen molar-refractivity contribution in [3.05, 3.63) is 53.3 Å². The second kappa shape index (κ2) is 8.55. The quantitative estimate of drug-likeness (QED) is 0.745. The second-order valence-electron chi connectivity index (χ2n) is 8.05. The molecule has 8 heteroatoms. The van der Waals surface area contributed by atoms with E-state index in [0.717, 1.165) is 18.7 Å². The highest BCUT2D eigenvalue weighted by Crippen LogP contribution is 2.46. The third-order valence-corrected chi connectivity index (χ3v) is 6.28. The van der Waals surface area contributed by atoms with E-state index in [1.54, 1.807) is 43.6 Å². The molecule has 8 nitrogen and oxygen atoms in total. The van der Waals surface area contributed by atoms with E-state index in [1.807, 2.05) is 17.0 Å². The summed E-state index contributed by atoms with van der Waals surface area (Å²) in [6, 6.07) is 6.74. The zero-order valence-corrected chi connectivity index (χ0v) is 18.4. The molecule has 31 heavy (non-hydrogen) atoms. The van der Waals surface area contributed by atoms with E-state index in [1.165, 1.54) is 7.11 Å². The minimum atomic E-state index is -0.565. The van der Waals surface area contributed by atoms with Crippen LogP contribution >= 0.6 is 0 Å². The van der Waals surface area contributed by atoms with Gasteiger partial charge in [0, 0.05) is 51.2 Å². The number of carbonyl (C=O) groups excluding carboxylic acids is 2. The fraction of sp³-hybridized carbons (Fsp3) is 0.435. The summed E-state index contributed by atoms with van der Waals surface area (Å²) < 4.78 is 10.9. The summed E-state index contributed by atoms with van der Waals surface area (Å²) in [7, 11) is 6.88. The van der Waals surface area contributed by atoms with E-state index in [0.29, 0.717) is 35.7 Å². The molecule has 0 radical (unpaired) electrons. The Morgan fingerprint density at radius 1 is 1.06 bits per heavy atom. The summed E-state index contributed by atoms with van der Waals surface area (Å²) in [6.07, 6.45) is 3.41. The molecule has 0 spiro atoms. The Morgan fingerprint density at radius 2 is 1.74 bits per heavy atom. The molecule has 2 aromatic rings. The van der Waals surface area contributed by atoms with Gasteiger partial charge in [-0.05, 0) is 36.4 Å². The van der Waals surface area contributed by atoms with Crippen LogP contribution < -0.4 is 9.47 Å².